The van der Waals surface area contributed by atoms with E-state index in [0.717, 1.165) is 30.5 Å². The number of fused-ring (bicyclic) bond motifs is 2. The number of hydrogen-bond acceptors (Lipinski definition) is 5. The average Bonchev–Trinajstić information content (AvgIpc) is 3.24. The molecule has 2 aliphatic heterocycles. The van der Waals surface area contributed by atoms with Gasteiger partial charge in [-0.2, -0.15) is 0 Å². The van der Waals surface area contributed by atoms with Crippen LogP contribution in [0, 0.1) is 5.92 Å². The number of nitrogens with one attached hydrogen (secondary N) is 1. The minimum absolute atomic E-state index is 0.0190. The quantitative estimate of drug-likeness (QED) is 0.946. The predicted octanol–water partition coefficient (Wildman–Crippen LogP) is 2.71. The molecule has 3 atom stereocenters. The fourth-order valence-electron chi connectivity index (χ4n) is 3.09. The lowest BCUT2D eigenvalue weighted by atomic mass is 9.89. The van der Waals surface area contributed by atoms with Crippen LogP contribution >= 0.6 is 11.3 Å². The van der Waals surface area contributed by atoms with Crippen LogP contribution in [0.15, 0.2) is 29.9 Å². The summed E-state index contributed by atoms with van der Waals surface area (Å²) in [6, 6.07) is 3.83. The van der Waals surface area contributed by atoms with Gasteiger partial charge in [-0.05, 0) is 31.4 Å². The van der Waals surface area contributed by atoms with Crippen LogP contribution in [0.2, 0.25) is 0 Å². The van der Waals surface area contributed by atoms with Crippen molar-refractivity contribution in [3.63, 3.8) is 0 Å². The lowest BCUT2D eigenvalue weighted by Gasteiger charge is -2.16. The van der Waals surface area contributed by atoms with E-state index in [0.29, 0.717) is 5.13 Å². The Morgan fingerprint density at radius 1 is 1.43 bits per heavy atom. The summed E-state index contributed by atoms with van der Waals surface area (Å²) in [7, 11) is 0. The first-order chi connectivity index (χ1) is 10.3. The topological polar surface area (TPSA) is 64.1 Å². The number of carbonyl (C=O) groups excluding carboxylic acids is 1. The molecule has 4 heterocycles. The van der Waals surface area contributed by atoms with Crippen molar-refractivity contribution in [2.45, 2.75) is 31.5 Å². The molecule has 0 spiro atoms. The molecular formula is C15H15N3O2S. The van der Waals surface area contributed by atoms with Crippen LogP contribution in [0.25, 0.3) is 11.3 Å². The molecule has 0 saturated carbocycles. The Morgan fingerprint density at radius 2 is 2.38 bits per heavy atom. The summed E-state index contributed by atoms with van der Waals surface area (Å²) < 4.78 is 5.73. The maximum absolute atomic E-state index is 12.3. The molecule has 108 valence electrons. The number of amides is 1. The van der Waals surface area contributed by atoms with Gasteiger partial charge in [-0.3, -0.25) is 9.78 Å². The maximum atomic E-state index is 12.3. The molecule has 6 heteroatoms. The van der Waals surface area contributed by atoms with E-state index in [2.05, 4.69) is 15.3 Å². The van der Waals surface area contributed by atoms with E-state index < -0.39 is 0 Å². The molecule has 0 aliphatic carbocycles. The van der Waals surface area contributed by atoms with Gasteiger partial charge in [0.1, 0.15) is 0 Å². The van der Waals surface area contributed by atoms with E-state index in [1.807, 2.05) is 17.5 Å². The van der Waals surface area contributed by atoms with Crippen LogP contribution in [0.3, 0.4) is 0 Å². The number of thiazole rings is 1. The fourth-order valence-corrected chi connectivity index (χ4v) is 3.81. The van der Waals surface area contributed by atoms with E-state index in [4.69, 9.17) is 4.74 Å². The molecule has 2 aromatic heterocycles. The Labute approximate surface area is 126 Å². The first-order valence-electron chi connectivity index (χ1n) is 7.12. The molecule has 0 aromatic carbocycles. The highest BCUT2D eigenvalue weighted by Crippen LogP contribution is 2.39. The summed E-state index contributed by atoms with van der Waals surface area (Å²) in [6.07, 6.45) is 6.83. The zero-order valence-corrected chi connectivity index (χ0v) is 12.2. The molecule has 2 aromatic rings. The molecular weight excluding hydrogens is 286 g/mol. The van der Waals surface area contributed by atoms with Crippen LogP contribution in [-0.2, 0) is 9.53 Å². The van der Waals surface area contributed by atoms with Crippen molar-refractivity contribution in [2.24, 2.45) is 5.92 Å². The Hall–Kier alpha value is -1.79. The molecule has 2 bridgehead atoms. The smallest absolute Gasteiger partial charge is 0.231 e. The van der Waals surface area contributed by atoms with Crippen molar-refractivity contribution in [3.05, 3.63) is 29.9 Å². The van der Waals surface area contributed by atoms with Gasteiger partial charge in [0.05, 0.1) is 23.8 Å². The van der Waals surface area contributed by atoms with E-state index in [-0.39, 0.29) is 24.0 Å². The number of nitrogens with zero attached hydrogens (tertiary/aromatic N) is 2. The second kappa shape index (κ2) is 5.20. The zero-order valence-electron chi connectivity index (χ0n) is 11.4. The molecule has 2 fully saturated rings. The number of rotatable bonds is 3. The Balaban J connectivity index is 1.46. The Kier molecular flexibility index (Phi) is 3.20. The standard InChI is InChI=1S/C15H15N3O2S/c19-14(11-6-10-3-4-13(11)20-10)18-15-17-12(8-21-15)9-2-1-5-16-7-9/h1-2,5,7-8,10-11,13H,3-4,6H2,(H,17,18,19)/t10-,11+,13+/m0/s1. The maximum Gasteiger partial charge on any atom is 0.231 e. The molecule has 4 rings (SSSR count). The predicted molar refractivity (Wildman–Crippen MR) is 80.0 cm³/mol. The summed E-state index contributed by atoms with van der Waals surface area (Å²) in [5, 5.41) is 5.50. The fraction of sp³-hybridized carbons (Fsp3) is 0.400. The number of anilines is 1. The molecule has 5 nitrogen and oxygen atoms in total. The molecule has 0 radical (unpaired) electrons. The number of aromatic nitrogens is 2. The van der Waals surface area contributed by atoms with Gasteiger partial charge in [0.2, 0.25) is 5.91 Å². The highest BCUT2D eigenvalue weighted by atomic mass is 32.1. The molecule has 1 amide bonds. The molecule has 2 saturated heterocycles. The van der Waals surface area contributed by atoms with Gasteiger partial charge in [0, 0.05) is 23.3 Å². The lowest BCUT2D eigenvalue weighted by Crippen LogP contribution is -2.30. The van der Waals surface area contributed by atoms with Gasteiger partial charge < -0.3 is 10.1 Å². The Bertz CT molecular complexity index is 658. The summed E-state index contributed by atoms with van der Waals surface area (Å²) in [6.45, 7) is 0. The second-order valence-electron chi connectivity index (χ2n) is 5.48. The van der Waals surface area contributed by atoms with E-state index >= 15 is 0 Å². The third kappa shape index (κ3) is 2.45. The average molecular weight is 301 g/mol. The third-order valence-corrected chi connectivity index (χ3v) is 4.89. The van der Waals surface area contributed by atoms with Crippen LogP contribution in [0.1, 0.15) is 19.3 Å². The lowest BCUT2D eigenvalue weighted by molar-refractivity contribution is -0.121. The first-order valence-corrected chi connectivity index (χ1v) is 8.00. The minimum atomic E-state index is -0.0190. The number of pyridine rings is 1. The zero-order chi connectivity index (χ0) is 14.2. The van der Waals surface area contributed by atoms with Crippen molar-refractivity contribution in [3.8, 4) is 11.3 Å². The molecule has 0 unspecified atom stereocenters. The first kappa shape index (κ1) is 12.9. The summed E-state index contributed by atoms with van der Waals surface area (Å²) >= 11 is 1.44. The van der Waals surface area contributed by atoms with Gasteiger partial charge in [-0.15, -0.1) is 11.3 Å². The Morgan fingerprint density at radius 3 is 3.10 bits per heavy atom. The van der Waals surface area contributed by atoms with Crippen molar-refractivity contribution in [1.29, 1.82) is 0 Å². The van der Waals surface area contributed by atoms with Crippen molar-refractivity contribution < 1.29 is 9.53 Å². The van der Waals surface area contributed by atoms with Crippen molar-refractivity contribution in [1.82, 2.24) is 9.97 Å². The van der Waals surface area contributed by atoms with Gasteiger partial charge in [-0.25, -0.2) is 4.98 Å². The molecule has 21 heavy (non-hydrogen) atoms. The highest BCUT2D eigenvalue weighted by Gasteiger charge is 2.44. The largest absolute Gasteiger partial charge is 0.374 e. The SMILES string of the molecule is O=C(Nc1nc(-c2cccnc2)cs1)[C@@H]1C[C@@H]2CC[C@H]1O2. The van der Waals surface area contributed by atoms with E-state index in [1.165, 1.54) is 11.3 Å². The second-order valence-corrected chi connectivity index (χ2v) is 6.34. The van der Waals surface area contributed by atoms with Gasteiger partial charge >= 0.3 is 0 Å². The minimum Gasteiger partial charge on any atom is -0.374 e. The van der Waals surface area contributed by atoms with Crippen molar-refractivity contribution in [2.75, 3.05) is 5.32 Å². The molecule has 2 aliphatic rings. The molecule has 1 N–H and O–H groups in total. The number of carbonyl (C=O) groups is 1. The summed E-state index contributed by atoms with van der Waals surface area (Å²) in [5.41, 5.74) is 1.80. The van der Waals surface area contributed by atoms with Crippen LogP contribution in [0.4, 0.5) is 5.13 Å². The van der Waals surface area contributed by atoms with Gasteiger partial charge in [0.25, 0.3) is 0 Å². The third-order valence-electron chi connectivity index (χ3n) is 4.13. The number of hydrogen-bond donors (Lipinski definition) is 1. The summed E-state index contributed by atoms with van der Waals surface area (Å²) in [5.74, 6) is 0.0174. The van der Waals surface area contributed by atoms with E-state index in [9.17, 15) is 4.79 Å². The number of ether oxygens (including phenoxy) is 1. The van der Waals surface area contributed by atoms with Crippen LogP contribution in [-0.4, -0.2) is 28.1 Å². The monoisotopic (exact) mass is 301 g/mol. The van der Waals surface area contributed by atoms with Gasteiger partial charge in [-0.1, -0.05) is 0 Å². The van der Waals surface area contributed by atoms with Gasteiger partial charge in [0.15, 0.2) is 5.13 Å². The van der Waals surface area contributed by atoms with Crippen LogP contribution in [0.5, 0.6) is 0 Å². The van der Waals surface area contributed by atoms with Crippen molar-refractivity contribution >= 4 is 22.4 Å². The summed E-state index contributed by atoms with van der Waals surface area (Å²) in [4.78, 5) is 20.9. The van der Waals surface area contributed by atoms with Crippen LogP contribution < -0.4 is 5.32 Å². The normalized spacial score (nSPS) is 27.0. The highest BCUT2D eigenvalue weighted by molar-refractivity contribution is 7.14. The van der Waals surface area contributed by atoms with E-state index in [1.54, 1.807) is 12.4 Å².